The summed E-state index contributed by atoms with van der Waals surface area (Å²) >= 11 is 12.4. The van der Waals surface area contributed by atoms with Crippen molar-refractivity contribution in [3.05, 3.63) is 107 Å². The predicted octanol–water partition coefficient (Wildman–Crippen LogP) is 9.84. The summed E-state index contributed by atoms with van der Waals surface area (Å²) in [5.41, 5.74) is 4.15. The van der Waals surface area contributed by atoms with E-state index in [0.29, 0.717) is 33.7 Å². The van der Waals surface area contributed by atoms with Crippen LogP contribution in [0.4, 0.5) is 0 Å². The fourth-order valence-electron chi connectivity index (χ4n) is 9.12. The van der Waals surface area contributed by atoms with Gasteiger partial charge in [0.2, 0.25) is 0 Å². The van der Waals surface area contributed by atoms with Crippen molar-refractivity contribution in [3.63, 3.8) is 0 Å². The van der Waals surface area contributed by atoms with Gasteiger partial charge < -0.3 is 19.3 Å². The molecule has 2 heterocycles. The number of benzene rings is 4. The number of nitrogens with zero attached hydrogens (tertiary/aromatic N) is 2. The fraction of sp³-hybridized carbons (Fsp3) is 0.333. The van der Waals surface area contributed by atoms with Gasteiger partial charge in [0, 0.05) is 56.6 Å². The number of fused-ring (bicyclic) bond motifs is 2. The van der Waals surface area contributed by atoms with Crippen molar-refractivity contribution in [1.29, 1.82) is 0 Å². The molecule has 2 aromatic heterocycles. The summed E-state index contributed by atoms with van der Waals surface area (Å²) < 4.78 is 4.62. The Morgan fingerprint density at radius 2 is 0.800 bits per heavy atom. The maximum atomic E-state index is 10.7. The summed E-state index contributed by atoms with van der Waals surface area (Å²) in [6.45, 7) is 18.4. The number of hydrogen-bond donors (Lipinski definition) is 2. The van der Waals surface area contributed by atoms with E-state index >= 15 is 0 Å². The maximum absolute atomic E-state index is 10.7. The lowest BCUT2D eigenvalue weighted by Crippen LogP contribution is -2.64. The highest BCUT2D eigenvalue weighted by molar-refractivity contribution is 7.05. The Morgan fingerprint density at radius 1 is 0.480 bits per heavy atom. The first kappa shape index (κ1) is 37.8. The van der Waals surface area contributed by atoms with Crippen LogP contribution in [0.2, 0.25) is 32.2 Å². The highest BCUT2D eigenvalue weighted by Crippen LogP contribution is 2.37. The van der Waals surface area contributed by atoms with Crippen molar-refractivity contribution >= 4 is 82.2 Å². The number of phenolic OH excluding ortho intramolecular Hbond substituents is 2. The molecule has 4 aromatic carbocycles. The average Bonchev–Trinajstić information content (AvgIpc) is 3.54. The van der Waals surface area contributed by atoms with Crippen LogP contribution in [-0.4, -0.2) is 35.5 Å². The Bertz CT molecular complexity index is 1960. The summed E-state index contributed by atoms with van der Waals surface area (Å²) in [7, 11) is -0.170. The van der Waals surface area contributed by atoms with E-state index in [-0.39, 0.29) is 0 Å². The highest BCUT2D eigenvalue weighted by Gasteiger charge is 2.48. The van der Waals surface area contributed by atoms with Crippen LogP contribution in [-0.2, 0) is 14.1 Å². The van der Waals surface area contributed by atoms with Gasteiger partial charge in [-0.1, -0.05) is 115 Å². The Hall–Kier alpha value is -3.43. The van der Waals surface area contributed by atoms with E-state index in [4.69, 9.17) is 23.2 Å². The zero-order valence-corrected chi connectivity index (χ0v) is 34.6. The molecule has 0 radical (unpaired) electrons. The Morgan fingerprint density at radius 3 is 1.10 bits per heavy atom. The van der Waals surface area contributed by atoms with E-state index < -0.39 is 16.1 Å². The first-order chi connectivity index (χ1) is 23.6. The van der Waals surface area contributed by atoms with Gasteiger partial charge in [-0.05, 0) is 93.2 Å². The molecule has 2 N–H and O–H groups in total. The Balaban J connectivity index is 0.000000194. The molecule has 50 heavy (non-hydrogen) atoms. The molecule has 0 unspecified atom stereocenters. The van der Waals surface area contributed by atoms with Gasteiger partial charge >= 0.3 is 0 Å². The zero-order valence-electron chi connectivity index (χ0n) is 31.1. The monoisotopic (exact) mass is 742 g/mol. The van der Waals surface area contributed by atoms with Crippen LogP contribution < -0.4 is 21.0 Å². The second-order valence-electron chi connectivity index (χ2n) is 15.0. The molecule has 0 spiro atoms. The minimum absolute atomic E-state index is 0.417. The SMILES string of the molecule is CC(C)[Si](c1ccccc1O)(c1cc2cc(Cl)ccc2n1C)C(C)C.CC(C)[Si](c1ccccc1O)(c1cc2cc(Cl)ccc2n1C)C(C)C. The smallest absolute Gasteiger partial charge is 0.148 e. The fourth-order valence-corrected chi connectivity index (χ4v) is 21.4. The molecule has 4 nitrogen and oxygen atoms in total. The van der Waals surface area contributed by atoms with E-state index in [1.165, 1.54) is 32.4 Å². The van der Waals surface area contributed by atoms with Gasteiger partial charge in [0.25, 0.3) is 0 Å². The lowest BCUT2D eigenvalue weighted by atomic mass is 10.2. The number of hydrogen-bond acceptors (Lipinski definition) is 2. The molecule has 8 heteroatoms. The minimum Gasteiger partial charge on any atom is -0.508 e. The Labute approximate surface area is 310 Å². The third-order valence-electron chi connectivity index (χ3n) is 11.2. The normalized spacial score (nSPS) is 12.5. The molecule has 6 aromatic rings. The third kappa shape index (κ3) is 6.23. The van der Waals surface area contributed by atoms with Crippen molar-refractivity contribution < 1.29 is 10.2 Å². The molecule has 0 amide bonds. The molecule has 0 saturated carbocycles. The topological polar surface area (TPSA) is 50.3 Å². The van der Waals surface area contributed by atoms with Crippen molar-refractivity contribution in [2.75, 3.05) is 0 Å². The summed E-state index contributed by atoms with van der Waals surface area (Å²) in [5.74, 6) is 0.833. The number of rotatable bonds is 8. The lowest BCUT2D eigenvalue weighted by Gasteiger charge is -2.40. The largest absolute Gasteiger partial charge is 0.508 e. The van der Waals surface area contributed by atoms with Gasteiger partial charge in [0.1, 0.15) is 27.6 Å². The number of aryl methyl sites for hydroxylation is 2. The molecule has 264 valence electrons. The molecular weight excluding hydrogens is 692 g/mol. The first-order valence-corrected chi connectivity index (χ1v) is 22.7. The summed E-state index contributed by atoms with van der Waals surface area (Å²) in [6, 6.07) is 32.5. The quantitative estimate of drug-likeness (QED) is 0.153. The molecule has 0 bridgehead atoms. The van der Waals surface area contributed by atoms with Crippen LogP contribution >= 0.6 is 23.2 Å². The minimum atomic E-state index is -2.22. The zero-order chi connectivity index (χ0) is 36.7. The average molecular weight is 744 g/mol. The van der Waals surface area contributed by atoms with Crippen LogP contribution in [0.25, 0.3) is 21.8 Å². The highest BCUT2D eigenvalue weighted by atomic mass is 35.5. The number of aromatic nitrogens is 2. The van der Waals surface area contributed by atoms with Gasteiger partial charge in [-0.25, -0.2) is 0 Å². The van der Waals surface area contributed by atoms with Gasteiger partial charge in [-0.2, -0.15) is 0 Å². The van der Waals surface area contributed by atoms with E-state index in [9.17, 15) is 10.2 Å². The van der Waals surface area contributed by atoms with Crippen molar-refractivity contribution in [1.82, 2.24) is 9.13 Å². The van der Waals surface area contributed by atoms with Gasteiger partial charge in [0.05, 0.1) is 0 Å². The number of phenols is 2. The second-order valence-corrected chi connectivity index (χ2v) is 26.0. The number of aromatic hydroxyl groups is 2. The maximum Gasteiger partial charge on any atom is 0.148 e. The van der Waals surface area contributed by atoms with Crippen molar-refractivity contribution in [2.45, 2.75) is 77.6 Å². The van der Waals surface area contributed by atoms with Gasteiger partial charge in [-0.15, -0.1) is 0 Å². The molecule has 0 aliphatic heterocycles. The molecule has 6 rings (SSSR count). The Kier molecular flexibility index (Phi) is 11.1. The van der Waals surface area contributed by atoms with Crippen LogP contribution in [0.1, 0.15) is 55.4 Å². The third-order valence-corrected chi connectivity index (χ3v) is 24.2. The summed E-state index contributed by atoms with van der Waals surface area (Å²) in [4.78, 5) is 0. The van der Waals surface area contributed by atoms with Crippen LogP contribution in [0, 0.1) is 0 Å². The van der Waals surface area contributed by atoms with Crippen LogP contribution in [0.15, 0.2) is 97.1 Å². The second kappa shape index (κ2) is 14.7. The van der Waals surface area contributed by atoms with E-state index in [0.717, 1.165) is 20.4 Å². The standard InChI is InChI=1S/2C21H26ClNOSi/c2*1-14(2)25(15(3)4,20-9-7-6-8-19(20)24)21-13-16-12-17(22)10-11-18(16)23(21)5/h2*6-15,24H,1-5H3. The predicted molar refractivity (Wildman–Crippen MR) is 223 cm³/mol. The number of para-hydroxylation sites is 2. The van der Waals surface area contributed by atoms with E-state index in [1.54, 1.807) is 0 Å². The first-order valence-electron chi connectivity index (χ1n) is 17.7. The van der Waals surface area contributed by atoms with E-state index in [2.05, 4.69) is 115 Å². The van der Waals surface area contributed by atoms with E-state index in [1.807, 2.05) is 60.7 Å². The summed E-state index contributed by atoms with van der Waals surface area (Å²) in [6.07, 6.45) is 0. The summed E-state index contributed by atoms with van der Waals surface area (Å²) in [5, 5.41) is 30.2. The van der Waals surface area contributed by atoms with Gasteiger partial charge in [-0.3, -0.25) is 0 Å². The number of halogens is 2. The van der Waals surface area contributed by atoms with Crippen LogP contribution in [0.5, 0.6) is 11.5 Å². The molecular formula is C42H52Cl2N2O2Si2. The van der Waals surface area contributed by atoms with Crippen molar-refractivity contribution in [3.8, 4) is 11.5 Å². The van der Waals surface area contributed by atoms with Crippen LogP contribution in [0.3, 0.4) is 0 Å². The molecule has 0 fully saturated rings. The van der Waals surface area contributed by atoms with Gasteiger partial charge in [0.15, 0.2) is 0 Å². The molecule has 0 saturated heterocycles. The molecule has 0 aliphatic carbocycles. The molecule has 0 aliphatic rings. The molecule has 0 atom stereocenters. The van der Waals surface area contributed by atoms with Crippen molar-refractivity contribution in [2.24, 2.45) is 14.1 Å². The lowest BCUT2D eigenvalue weighted by molar-refractivity contribution is 0.478.